The first-order valence-corrected chi connectivity index (χ1v) is 9.60. The zero-order valence-corrected chi connectivity index (χ0v) is 14.7. The molecule has 3 aliphatic heterocycles. The molecular formula is C20H27N3O2. The van der Waals surface area contributed by atoms with E-state index >= 15 is 0 Å². The molecule has 2 atom stereocenters. The van der Waals surface area contributed by atoms with Crippen LogP contribution in [0.4, 0.5) is 5.69 Å². The van der Waals surface area contributed by atoms with E-state index in [-0.39, 0.29) is 11.8 Å². The van der Waals surface area contributed by atoms with Crippen LogP contribution in [0.1, 0.15) is 43.6 Å². The highest BCUT2D eigenvalue weighted by atomic mass is 16.2. The summed E-state index contributed by atoms with van der Waals surface area (Å²) >= 11 is 0. The number of nitrogens with one attached hydrogen (secondary N) is 2. The molecule has 0 spiro atoms. The lowest BCUT2D eigenvalue weighted by molar-refractivity contribution is -0.133. The second-order valence-electron chi connectivity index (χ2n) is 7.67. The highest BCUT2D eigenvalue weighted by molar-refractivity contribution is 6.03. The van der Waals surface area contributed by atoms with Gasteiger partial charge in [0.05, 0.1) is 5.92 Å². The average Bonchev–Trinajstić information content (AvgIpc) is 3.26. The fourth-order valence-electron chi connectivity index (χ4n) is 4.63. The third-order valence-corrected chi connectivity index (χ3v) is 6.13. The third kappa shape index (κ3) is 3.43. The number of rotatable bonds is 4. The Bertz CT molecular complexity index is 646. The first-order chi connectivity index (χ1) is 12.2. The van der Waals surface area contributed by atoms with Gasteiger partial charge in [0, 0.05) is 25.2 Å². The zero-order valence-electron chi connectivity index (χ0n) is 14.7. The Morgan fingerprint density at radius 2 is 1.96 bits per heavy atom. The maximum atomic E-state index is 12.5. The summed E-state index contributed by atoms with van der Waals surface area (Å²) in [4.78, 5) is 26.9. The molecule has 2 saturated heterocycles. The molecular weight excluding hydrogens is 314 g/mol. The Labute approximate surface area is 149 Å². The standard InChI is InChI=1S/C20H27N3O2/c24-18(6-5-14-7-10-21-13-14)23-11-8-15(9-12-23)19-16-3-1-2-4-17(16)22-20(19)25/h1-4,14-15,19,21H,5-13H2,(H,22,25). The molecule has 0 saturated carbocycles. The zero-order chi connectivity index (χ0) is 17.2. The predicted octanol–water partition coefficient (Wildman–Crippen LogP) is 2.35. The third-order valence-electron chi connectivity index (χ3n) is 6.13. The number of anilines is 1. The molecule has 25 heavy (non-hydrogen) atoms. The van der Waals surface area contributed by atoms with E-state index in [1.807, 2.05) is 23.1 Å². The van der Waals surface area contributed by atoms with Gasteiger partial charge in [-0.25, -0.2) is 0 Å². The second kappa shape index (κ2) is 7.16. The van der Waals surface area contributed by atoms with Gasteiger partial charge >= 0.3 is 0 Å². The fourth-order valence-corrected chi connectivity index (χ4v) is 4.63. The number of fused-ring (bicyclic) bond motifs is 1. The van der Waals surface area contributed by atoms with E-state index in [9.17, 15) is 9.59 Å². The number of likely N-dealkylation sites (tertiary alicyclic amines) is 1. The number of nitrogens with zero attached hydrogens (tertiary/aromatic N) is 1. The fraction of sp³-hybridized carbons (Fsp3) is 0.600. The van der Waals surface area contributed by atoms with Crippen molar-refractivity contribution in [3.05, 3.63) is 29.8 Å². The van der Waals surface area contributed by atoms with E-state index in [2.05, 4.69) is 16.7 Å². The summed E-state index contributed by atoms with van der Waals surface area (Å²) in [5.74, 6) is 1.38. The smallest absolute Gasteiger partial charge is 0.232 e. The molecule has 4 rings (SSSR count). The van der Waals surface area contributed by atoms with Gasteiger partial charge in [-0.2, -0.15) is 0 Å². The van der Waals surface area contributed by atoms with Crippen molar-refractivity contribution in [2.24, 2.45) is 11.8 Å². The Hall–Kier alpha value is -1.88. The van der Waals surface area contributed by atoms with E-state index in [4.69, 9.17) is 0 Å². The van der Waals surface area contributed by atoms with Crippen molar-refractivity contribution in [1.82, 2.24) is 10.2 Å². The summed E-state index contributed by atoms with van der Waals surface area (Å²) in [7, 11) is 0. The summed E-state index contributed by atoms with van der Waals surface area (Å²) < 4.78 is 0. The van der Waals surface area contributed by atoms with Crippen LogP contribution < -0.4 is 10.6 Å². The molecule has 2 fully saturated rings. The minimum atomic E-state index is -0.0435. The van der Waals surface area contributed by atoms with Crippen LogP contribution in [0.3, 0.4) is 0 Å². The van der Waals surface area contributed by atoms with Gasteiger partial charge in [0.2, 0.25) is 11.8 Å². The molecule has 134 valence electrons. The molecule has 0 aliphatic carbocycles. The summed E-state index contributed by atoms with van der Waals surface area (Å²) in [5, 5.41) is 6.37. The molecule has 0 radical (unpaired) electrons. The van der Waals surface area contributed by atoms with Gasteiger partial charge < -0.3 is 15.5 Å². The van der Waals surface area contributed by atoms with Crippen LogP contribution in [0.2, 0.25) is 0 Å². The molecule has 2 amide bonds. The van der Waals surface area contributed by atoms with Gasteiger partial charge in [0.25, 0.3) is 0 Å². The minimum Gasteiger partial charge on any atom is -0.343 e. The van der Waals surface area contributed by atoms with Crippen molar-refractivity contribution >= 4 is 17.5 Å². The Balaban J connectivity index is 1.31. The number of para-hydroxylation sites is 1. The summed E-state index contributed by atoms with van der Waals surface area (Å²) in [6, 6.07) is 8.00. The van der Waals surface area contributed by atoms with E-state index in [0.717, 1.165) is 56.7 Å². The molecule has 5 heteroatoms. The van der Waals surface area contributed by atoms with Gasteiger partial charge in [0.15, 0.2) is 0 Å². The lowest BCUT2D eigenvalue weighted by Gasteiger charge is -2.34. The van der Waals surface area contributed by atoms with E-state index in [1.54, 1.807) is 0 Å². The van der Waals surface area contributed by atoms with Crippen LogP contribution in [-0.2, 0) is 9.59 Å². The van der Waals surface area contributed by atoms with E-state index in [0.29, 0.717) is 24.2 Å². The van der Waals surface area contributed by atoms with Gasteiger partial charge in [0.1, 0.15) is 0 Å². The van der Waals surface area contributed by atoms with Gasteiger partial charge in [-0.3, -0.25) is 9.59 Å². The van der Waals surface area contributed by atoms with Crippen LogP contribution in [0.15, 0.2) is 24.3 Å². The van der Waals surface area contributed by atoms with Crippen LogP contribution in [0.5, 0.6) is 0 Å². The largest absolute Gasteiger partial charge is 0.343 e. The van der Waals surface area contributed by atoms with Crippen LogP contribution >= 0.6 is 0 Å². The highest BCUT2D eigenvalue weighted by Gasteiger charge is 2.38. The van der Waals surface area contributed by atoms with E-state index < -0.39 is 0 Å². The van der Waals surface area contributed by atoms with Crippen molar-refractivity contribution in [3.63, 3.8) is 0 Å². The summed E-state index contributed by atoms with van der Waals surface area (Å²) in [6.45, 7) is 3.73. The molecule has 0 aromatic heterocycles. The Morgan fingerprint density at radius 3 is 2.72 bits per heavy atom. The minimum absolute atomic E-state index is 0.0435. The molecule has 2 unspecified atom stereocenters. The molecule has 0 bridgehead atoms. The van der Waals surface area contributed by atoms with Crippen molar-refractivity contribution in [1.29, 1.82) is 0 Å². The average molecular weight is 341 g/mol. The normalized spacial score (nSPS) is 26.6. The topological polar surface area (TPSA) is 61.4 Å². The van der Waals surface area contributed by atoms with Crippen LogP contribution in [0, 0.1) is 11.8 Å². The number of hydrogen-bond acceptors (Lipinski definition) is 3. The monoisotopic (exact) mass is 341 g/mol. The van der Waals surface area contributed by atoms with E-state index in [1.165, 1.54) is 6.42 Å². The number of hydrogen-bond donors (Lipinski definition) is 2. The summed E-state index contributed by atoms with van der Waals surface area (Å²) in [5.41, 5.74) is 2.09. The highest BCUT2D eigenvalue weighted by Crippen LogP contribution is 2.41. The molecule has 1 aromatic rings. The Kier molecular flexibility index (Phi) is 4.75. The van der Waals surface area contributed by atoms with Gasteiger partial charge in [-0.15, -0.1) is 0 Å². The predicted molar refractivity (Wildman–Crippen MR) is 97.3 cm³/mol. The van der Waals surface area contributed by atoms with Crippen molar-refractivity contribution in [2.45, 2.75) is 38.0 Å². The molecule has 1 aromatic carbocycles. The maximum absolute atomic E-state index is 12.5. The quantitative estimate of drug-likeness (QED) is 0.884. The SMILES string of the molecule is O=C1Nc2ccccc2C1C1CCN(C(=O)CCC2CCNC2)CC1. The molecule has 3 aliphatic rings. The number of piperidine rings is 1. The number of amides is 2. The lowest BCUT2D eigenvalue weighted by atomic mass is 9.80. The van der Waals surface area contributed by atoms with Crippen molar-refractivity contribution < 1.29 is 9.59 Å². The number of carbonyl (C=O) groups is 2. The van der Waals surface area contributed by atoms with Gasteiger partial charge in [-0.1, -0.05) is 18.2 Å². The first kappa shape index (κ1) is 16.6. The number of benzene rings is 1. The van der Waals surface area contributed by atoms with Crippen molar-refractivity contribution in [3.8, 4) is 0 Å². The van der Waals surface area contributed by atoms with Crippen LogP contribution in [0.25, 0.3) is 0 Å². The molecule has 3 heterocycles. The van der Waals surface area contributed by atoms with Crippen molar-refractivity contribution in [2.75, 3.05) is 31.5 Å². The number of carbonyl (C=O) groups excluding carboxylic acids is 2. The summed E-state index contributed by atoms with van der Waals surface area (Å²) in [6.07, 6.45) is 4.71. The lowest BCUT2D eigenvalue weighted by Crippen LogP contribution is -2.40. The van der Waals surface area contributed by atoms with Crippen LogP contribution in [-0.4, -0.2) is 42.9 Å². The first-order valence-electron chi connectivity index (χ1n) is 9.60. The van der Waals surface area contributed by atoms with Gasteiger partial charge in [-0.05, 0) is 62.2 Å². The maximum Gasteiger partial charge on any atom is 0.232 e. The molecule has 2 N–H and O–H groups in total. The molecule has 5 nitrogen and oxygen atoms in total. The Morgan fingerprint density at radius 1 is 1.16 bits per heavy atom. The second-order valence-corrected chi connectivity index (χ2v) is 7.67.